The van der Waals surface area contributed by atoms with Crippen molar-refractivity contribution in [3.63, 3.8) is 0 Å². The Labute approximate surface area is 172 Å². The second kappa shape index (κ2) is 8.19. The molecule has 0 radical (unpaired) electrons. The van der Waals surface area contributed by atoms with E-state index in [4.69, 9.17) is 10.5 Å². The van der Waals surface area contributed by atoms with E-state index in [0.29, 0.717) is 42.5 Å². The number of carbonyl (C=O) groups is 2. The van der Waals surface area contributed by atoms with Crippen molar-refractivity contribution in [2.24, 2.45) is 12.8 Å². The number of benzene rings is 1. The molecule has 154 valence electrons. The number of nitrogens with two attached hydrogens (primary N) is 1. The van der Waals surface area contributed by atoms with Crippen LogP contribution in [0.5, 0.6) is 5.75 Å². The molecular formula is C20H21N7O3. The molecule has 1 atom stereocenters. The van der Waals surface area contributed by atoms with Crippen LogP contribution in [0.3, 0.4) is 0 Å². The predicted octanol–water partition coefficient (Wildman–Crippen LogP) is 0.855. The Kier molecular flexibility index (Phi) is 5.29. The van der Waals surface area contributed by atoms with Crippen LogP contribution < -0.4 is 21.1 Å². The standard InChI is InChI=1S/C20H21N7O3/c1-27-10-12(9-23-27)11-30-14-4-2-13(3-5-14)19-25-16(18(21)28)8-17(26-19)24-15-6-7-22-20(15)29/h2-5,8-10,15H,6-7,11H2,1H3,(H2,21,28)(H,22,29)(H,24,25,26)/t15-/m0/s1. The molecule has 0 spiro atoms. The second-order valence-electron chi connectivity index (χ2n) is 6.94. The molecule has 1 aliphatic rings. The lowest BCUT2D eigenvalue weighted by Crippen LogP contribution is -2.30. The van der Waals surface area contributed by atoms with Gasteiger partial charge in [-0.05, 0) is 30.7 Å². The average molecular weight is 407 g/mol. The first-order valence-electron chi connectivity index (χ1n) is 9.42. The van der Waals surface area contributed by atoms with E-state index in [9.17, 15) is 9.59 Å². The Morgan fingerprint density at radius 2 is 2.13 bits per heavy atom. The fraction of sp³-hybridized carbons (Fsp3) is 0.250. The maximum Gasteiger partial charge on any atom is 0.267 e. The van der Waals surface area contributed by atoms with Crippen molar-refractivity contribution in [1.82, 2.24) is 25.1 Å². The fourth-order valence-electron chi connectivity index (χ4n) is 3.10. The van der Waals surface area contributed by atoms with E-state index < -0.39 is 11.9 Å². The lowest BCUT2D eigenvalue weighted by molar-refractivity contribution is -0.119. The molecule has 1 saturated heterocycles. The van der Waals surface area contributed by atoms with Gasteiger partial charge in [0.15, 0.2) is 5.82 Å². The minimum atomic E-state index is -0.672. The molecule has 10 nitrogen and oxygen atoms in total. The molecule has 0 saturated carbocycles. The van der Waals surface area contributed by atoms with Crippen LogP contribution in [0, 0.1) is 0 Å². The average Bonchev–Trinajstić information content (AvgIpc) is 3.34. The van der Waals surface area contributed by atoms with E-state index in [1.807, 2.05) is 13.2 Å². The molecule has 2 aromatic heterocycles. The molecule has 0 bridgehead atoms. The summed E-state index contributed by atoms with van der Waals surface area (Å²) in [6.07, 6.45) is 4.26. The number of aromatic nitrogens is 4. The Morgan fingerprint density at radius 1 is 1.33 bits per heavy atom. The van der Waals surface area contributed by atoms with Crippen LogP contribution >= 0.6 is 0 Å². The number of nitrogens with zero attached hydrogens (tertiary/aromatic N) is 4. The lowest BCUT2D eigenvalue weighted by atomic mass is 10.2. The third-order valence-corrected chi connectivity index (χ3v) is 4.63. The maximum absolute atomic E-state index is 11.8. The van der Waals surface area contributed by atoms with E-state index in [1.54, 1.807) is 35.1 Å². The molecule has 0 aliphatic carbocycles. The number of rotatable bonds is 7. The number of nitrogens with one attached hydrogen (secondary N) is 2. The number of amides is 2. The van der Waals surface area contributed by atoms with Crippen LogP contribution in [0.15, 0.2) is 42.7 Å². The predicted molar refractivity (Wildman–Crippen MR) is 109 cm³/mol. The van der Waals surface area contributed by atoms with E-state index in [1.165, 1.54) is 6.07 Å². The monoisotopic (exact) mass is 407 g/mol. The molecule has 1 aliphatic heterocycles. The number of primary amides is 1. The largest absolute Gasteiger partial charge is 0.489 e. The van der Waals surface area contributed by atoms with Gasteiger partial charge in [0, 0.05) is 37.0 Å². The van der Waals surface area contributed by atoms with Gasteiger partial charge in [-0.15, -0.1) is 0 Å². The van der Waals surface area contributed by atoms with E-state index in [-0.39, 0.29) is 11.6 Å². The summed E-state index contributed by atoms with van der Waals surface area (Å²) in [5, 5.41) is 9.90. The number of ether oxygens (including phenoxy) is 1. The summed E-state index contributed by atoms with van der Waals surface area (Å²) in [6.45, 7) is 0.996. The molecule has 30 heavy (non-hydrogen) atoms. The third kappa shape index (κ3) is 4.37. The Hall–Kier alpha value is -3.95. The van der Waals surface area contributed by atoms with Gasteiger partial charge in [0.05, 0.1) is 6.20 Å². The van der Waals surface area contributed by atoms with Crippen molar-refractivity contribution >= 4 is 17.6 Å². The summed E-state index contributed by atoms with van der Waals surface area (Å²) in [4.78, 5) is 32.2. The highest BCUT2D eigenvalue weighted by Gasteiger charge is 2.24. The number of hydrogen-bond donors (Lipinski definition) is 3. The van der Waals surface area contributed by atoms with Crippen molar-refractivity contribution in [2.75, 3.05) is 11.9 Å². The van der Waals surface area contributed by atoms with Crippen molar-refractivity contribution < 1.29 is 14.3 Å². The van der Waals surface area contributed by atoms with Gasteiger partial charge in [-0.1, -0.05) is 0 Å². The molecule has 1 aromatic carbocycles. The van der Waals surface area contributed by atoms with Gasteiger partial charge in [0.1, 0.15) is 29.9 Å². The topological polar surface area (TPSA) is 137 Å². The van der Waals surface area contributed by atoms with Gasteiger partial charge < -0.3 is 21.1 Å². The van der Waals surface area contributed by atoms with Gasteiger partial charge in [0.2, 0.25) is 5.91 Å². The molecule has 2 amide bonds. The highest BCUT2D eigenvalue weighted by molar-refractivity contribution is 5.92. The Morgan fingerprint density at radius 3 is 2.77 bits per heavy atom. The zero-order chi connectivity index (χ0) is 21.1. The van der Waals surface area contributed by atoms with Crippen molar-refractivity contribution in [3.8, 4) is 17.1 Å². The molecule has 10 heteroatoms. The van der Waals surface area contributed by atoms with Crippen LogP contribution in [-0.2, 0) is 18.4 Å². The van der Waals surface area contributed by atoms with Gasteiger partial charge >= 0.3 is 0 Å². The van der Waals surface area contributed by atoms with Crippen LogP contribution in [0.4, 0.5) is 5.82 Å². The van der Waals surface area contributed by atoms with Gasteiger partial charge in [-0.25, -0.2) is 9.97 Å². The van der Waals surface area contributed by atoms with Gasteiger partial charge in [-0.2, -0.15) is 5.10 Å². The molecule has 4 N–H and O–H groups in total. The third-order valence-electron chi connectivity index (χ3n) is 4.63. The van der Waals surface area contributed by atoms with E-state index >= 15 is 0 Å². The Balaban J connectivity index is 1.53. The van der Waals surface area contributed by atoms with E-state index in [2.05, 4.69) is 25.7 Å². The van der Waals surface area contributed by atoms with Gasteiger partial charge in [0.25, 0.3) is 5.91 Å². The normalized spacial score (nSPS) is 15.6. The van der Waals surface area contributed by atoms with Gasteiger partial charge in [-0.3, -0.25) is 14.3 Å². The highest BCUT2D eigenvalue weighted by Crippen LogP contribution is 2.23. The van der Waals surface area contributed by atoms with Crippen molar-refractivity contribution in [3.05, 3.63) is 54.0 Å². The highest BCUT2D eigenvalue weighted by atomic mass is 16.5. The van der Waals surface area contributed by atoms with Crippen LogP contribution in [0.25, 0.3) is 11.4 Å². The van der Waals surface area contributed by atoms with Crippen LogP contribution in [0.1, 0.15) is 22.5 Å². The number of anilines is 1. The molecule has 1 fully saturated rings. The summed E-state index contributed by atoms with van der Waals surface area (Å²) < 4.78 is 7.47. The molecule has 4 rings (SSSR count). The molecular weight excluding hydrogens is 386 g/mol. The number of aryl methyl sites for hydroxylation is 1. The minimum absolute atomic E-state index is 0.0674. The summed E-state index contributed by atoms with van der Waals surface area (Å²) >= 11 is 0. The summed E-state index contributed by atoms with van der Waals surface area (Å²) in [6, 6.07) is 8.22. The molecule has 0 unspecified atom stereocenters. The molecule has 3 heterocycles. The lowest BCUT2D eigenvalue weighted by Gasteiger charge is -2.13. The van der Waals surface area contributed by atoms with Crippen molar-refractivity contribution in [2.45, 2.75) is 19.1 Å². The first-order valence-corrected chi connectivity index (χ1v) is 9.42. The Bertz CT molecular complexity index is 1080. The SMILES string of the molecule is Cn1cc(COc2ccc(-c3nc(N[C@H]4CCNC4=O)cc(C(N)=O)n3)cc2)cn1. The number of hydrogen-bond acceptors (Lipinski definition) is 7. The van der Waals surface area contributed by atoms with Crippen LogP contribution in [0.2, 0.25) is 0 Å². The summed E-state index contributed by atoms with van der Waals surface area (Å²) in [7, 11) is 1.85. The minimum Gasteiger partial charge on any atom is -0.489 e. The zero-order valence-electron chi connectivity index (χ0n) is 16.3. The van der Waals surface area contributed by atoms with Crippen LogP contribution in [-0.4, -0.2) is 44.1 Å². The molecule has 3 aromatic rings. The first kappa shape index (κ1) is 19.4. The smallest absolute Gasteiger partial charge is 0.267 e. The first-order chi connectivity index (χ1) is 14.5. The van der Waals surface area contributed by atoms with E-state index in [0.717, 1.165) is 5.56 Å². The quantitative estimate of drug-likeness (QED) is 0.528. The maximum atomic E-state index is 11.8. The summed E-state index contributed by atoms with van der Waals surface area (Å²) in [5.74, 6) is 0.591. The fourth-order valence-corrected chi connectivity index (χ4v) is 3.10. The zero-order valence-corrected chi connectivity index (χ0v) is 16.3. The summed E-state index contributed by atoms with van der Waals surface area (Å²) in [5.41, 5.74) is 7.14. The van der Waals surface area contributed by atoms with Crippen molar-refractivity contribution in [1.29, 1.82) is 0 Å². The second-order valence-corrected chi connectivity index (χ2v) is 6.94. The number of carbonyl (C=O) groups excluding carboxylic acids is 2.